The number of unbranched alkanes of at least 4 members (excludes halogenated alkanes) is 23. The van der Waals surface area contributed by atoms with Crippen LogP contribution in [0, 0.1) is 5.92 Å². The molecule has 6 heteroatoms. The van der Waals surface area contributed by atoms with Crippen molar-refractivity contribution >= 4 is 12.1 Å². The Bertz CT molecular complexity index is 794. The lowest BCUT2D eigenvalue weighted by atomic mass is 9.92. The normalized spacial score (nSPS) is 12.7. The number of hydrogen-bond acceptors (Lipinski definition) is 5. The Morgan fingerprint density at radius 1 is 0.473 bits per heavy atom. The van der Waals surface area contributed by atoms with Crippen LogP contribution in [0.4, 0.5) is 4.79 Å². The quantitative estimate of drug-likeness (QED) is 0.0493. The van der Waals surface area contributed by atoms with Gasteiger partial charge in [0, 0.05) is 19.0 Å². The molecule has 0 spiro atoms. The van der Waals surface area contributed by atoms with E-state index in [9.17, 15) is 9.59 Å². The number of hydrogen-bond donors (Lipinski definition) is 1. The molecule has 55 heavy (non-hydrogen) atoms. The fourth-order valence-corrected chi connectivity index (χ4v) is 7.91. The first-order valence-corrected chi connectivity index (χ1v) is 24.6. The van der Waals surface area contributed by atoms with Gasteiger partial charge in [0.05, 0.1) is 6.61 Å². The summed E-state index contributed by atoms with van der Waals surface area (Å²) in [7, 11) is 4.19. The lowest BCUT2D eigenvalue weighted by Gasteiger charge is -2.23. The minimum absolute atomic E-state index is 0.00478. The fourth-order valence-electron chi connectivity index (χ4n) is 7.91. The zero-order chi connectivity index (χ0) is 40.5. The standard InChI is InChI=1S/C49H98N2O4/c1-7-11-15-18-19-24-27-33-39-47(41-43-51(5)6)55-49(53)50-46(37-29-14-10-4)38-32-26-23-21-20-22-25-28-34-40-48(52)54-44-42-45(35-30-16-12-8-2)36-31-17-13-9-3/h45-47H,7-44H2,1-6H3,(H,50,53). The van der Waals surface area contributed by atoms with Crippen molar-refractivity contribution in [3.05, 3.63) is 0 Å². The predicted octanol–water partition coefficient (Wildman–Crippen LogP) is 15.3. The van der Waals surface area contributed by atoms with Gasteiger partial charge in [0.25, 0.3) is 0 Å². The van der Waals surface area contributed by atoms with Gasteiger partial charge in [0.1, 0.15) is 6.10 Å². The van der Waals surface area contributed by atoms with Crippen LogP contribution < -0.4 is 5.32 Å². The molecule has 6 nitrogen and oxygen atoms in total. The number of rotatable bonds is 43. The zero-order valence-corrected chi connectivity index (χ0v) is 38.2. The summed E-state index contributed by atoms with van der Waals surface area (Å²) in [5.74, 6) is 0.730. The molecule has 2 atom stereocenters. The Hall–Kier alpha value is -1.30. The van der Waals surface area contributed by atoms with Gasteiger partial charge in [-0.2, -0.15) is 0 Å². The van der Waals surface area contributed by atoms with E-state index in [0.717, 1.165) is 63.8 Å². The summed E-state index contributed by atoms with van der Waals surface area (Å²) in [6, 6.07) is 0.218. The van der Waals surface area contributed by atoms with E-state index in [-0.39, 0.29) is 24.2 Å². The highest BCUT2D eigenvalue weighted by molar-refractivity contribution is 5.69. The molecule has 0 aromatic rings. The number of ether oxygens (including phenoxy) is 2. The molecule has 0 aromatic heterocycles. The van der Waals surface area contributed by atoms with E-state index in [4.69, 9.17) is 9.47 Å². The summed E-state index contributed by atoms with van der Waals surface area (Å²) < 4.78 is 11.7. The van der Waals surface area contributed by atoms with E-state index >= 15 is 0 Å². The van der Waals surface area contributed by atoms with E-state index < -0.39 is 0 Å². The molecule has 1 amide bonds. The van der Waals surface area contributed by atoms with Crippen LogP contribution in [0.2, 0.25) is 0 Å². The number of carbonyl (C=O) groups is 2. The number of alkyl carbamates (subject to hydrolysis) is 1. The van der Waals surface area contributed by atoms with E-state index in [2.05, 4.69) is 52.0 Å². The maximum Gasteiger partial charge on any atom is 0.407 e. The molecule has 0 bridgehead atoms. The van der Waals surface area contributed by atoms with Crippen LogP contribution >= 0.6 is 0 Å². The van der Waals surface area contributed by atoms with Gasteiger partial charge in [-0.05, 0) is 65.0 Å². The first kappa shape index (κ1) is 53.7. The third kappa shape index (κ3) is 39.3. The van der Waals surface area contributed by atoms with Crippen LogP contribution in [0.1, 0.15) is 259 Å². The zero-order valence-electron chi connectivity index (χ0n) is 38.2. The third-order valence-corrected chi connectivity index (χ3v) is 11.7. The van der Waals surface area contributed by atoms with Crippen molar-refractivity contribution in [1.82, 2.24) is 10.2 Å². The van der Waals surface area contributed by atoms with Gasteiger partial charge >= 0.3 is 12.1 Å². The summed E-state index contributed by atoms with van der Waals surface area (Å²) >= 11 is 0. The molecule has 0 rings (SSSR count). The molecule has 0 fully saturated rings. The number of carbonyl (C=O) groups excluding carboxylic acids is 2. The molecular weight excluding hydrogens is 681 g/mol. The summed E-state index contributed by atoms with van der Waals surface area (Å²) in [5.41, 5.74) is 0. The minimum atomic E-state index is -0.201. The SMILES string of the molecule is CCCCCCCCCCC(CCN(C)C)OC(=O)NC(CCCCC)CCCCCCCCCCCC(=O)OCCC(CCCCCC)CCCCCC. The van der Waals surface area contributed by atoms with Crippen LogP contribution in [0.25, 0.3) is 0 Å². The second-order valence-corrected chi connectivity index (χ2v) is 17.5. The van der Waals surface area contributed by atoms with Crippen LogP contribution in [0.3, 0.4) is 0 Å². The molecular formula is C49H98N2O4. The van der Waals surface area contributed by atoms with Crippen LogP contribution in [-0.4, -0.2) is 56.4 Å². The van der Waals surface area contributed by atoms with Gasteiger partial charge in [-0.25, -0.2) is 4.79 Å². The second-order valence-electron chi connectivity index (χ2n) is 17.5. The van der Waals surface area contributed by atoms with Gasteiger partial charge in [-0.1, -0.05) is 207 Å². The van der Waals surface area contributed by atoms with Crippen molar-refractivity contribution < 1.29 is 19.1 Å². The molecule has 328 valence electrons. The molecule has 0 aliphatic rings. The van der Waals surface area contributed by atoms with E-state index in [1.54, 1.807) is 0 Å². The number of nitrogens with zero attached hydrogens (tertiary/aromatic N) is 1. The molecule has 0 heterocycles. The van der Waals surface area contributed by atoms with Crippen molar-refractivity contribution in [2.45, 2.75) is 271 Å². The molecule has 0 aliphatic heterocycles. The lowest BCUT2D eigenvalue weighted by molar-refractivity contribution is -0.144. The second kappa shape index (κ2) is 42.3. The van der Waals surface area contributed by atoms with Crippen molar-refractivity contribution in [3.8, 4) is 0 Å². The summed E-state index contributed by atoms with van der Waals surface area (Å²) in [5, 5.41) is 3.29. The van der Waals surface area contributed by atoms with Crippen molar-refractivity contribution in [2.24, 2.45) is 5.92 Å². The topological polar surface area (TPSA) is 67.9 Å². The third-order valence-electron chi connectivity index (χ3n) is 11.7. The molecule has 0 radical (unpaired) electrons. The molecule has 2 unspecified atom stereocenters. The smallest absolute Gasteiger partial charge is 0.407 e. The minimum Gasteiger partial charge on any atom is -0.466 e. The Labute approximate surface area is 344 Å². The molecule has 0 saturated carbocycles. The number of amides is 1. The summed E-state index contributed by atoms with van der Waals surface area (Å²) in [6.07, 6.45) is 43.4. The molecule has 1 N–H and O–H groups in total. The van der Waals surface area contributed by atoms with Crippen LogP contribution in [-0.2, 0) is 14.3 Å². The van der Waals surface area contributed by atoms with Crippen molar-refractivity contribution in [3.63, 3.8) is 0 Å². The maximum atomic E-state index is 13.1. The first-order valence-electron chi connectivity index (χ1n) is 24.6. The highest BCUT2D eigenvalue weighted by atomic mass is 16.6. The van der Waals surface area contributed by atoms with Crippen molar-refractivity contribution in [1.29, 1.82) is 0 Å². The van der Waals surface area contributed by atoms with Gasteiger partial charge in [0.2, 0.25) is 0 Å². The monoisotopic (exact) mass is 779 g/mol. The average molecular weight is 779 g/mol. The lowest BCUT2D eigenvalue weighted by Crippen LogP contribution is -2.38. The maximum absolute atomic E-state index is 13.1. The Morgan fingerprint density at radius 2 is 0.873 bits per heavy atom. The van der Waals surface area contributed by atoms with E-state index in [1.165, 1.54) is 173 Å². The van der Waals surface area contributed by atoms with Gasteiger partial charge in [0.15, 0.2) is 0 Å². The number of esters is 1. The fraction of sp³-hybridized carbons (Fsp3) is 0.959. The summed E-state index contributed by atoms with van der Waals surface area (Å²) in [4.78, 5) is 27.7. The van der Waals surface area contributed by atoms with Gasteiger partial charge in [-0.3, -0.25) is 4.79 Å². The highest BCUT2D eigenvalue weighted by Crippen LogP contribution is 2.22. The van der Waals surface area contributed by atoms with Crippen LogP contribution in [0.5, 0.6) is 0 Å². The Balaban J connectivity index is 4.24. The van der Waals surface area contributed by atoms with Crippen molar-refractivity contribution in [2.75, 3.05) is 27.2 Å². The molecule has 0 aliphatic carbocycles. The summed E-state index contributed by atoms with van der Waals surface area (Å²) in [6.45, 7) is 10.6. The highest BCUT2D eigenvalue weighted by Gasteiger charge is 2.18. The van der Waals surface area contributed by atoms with Crippen LogP contribution in [0.15, 0.2) is 0 Å². The Kier molecular flexibility index (Phi) is 41.3. The van der Waals surface area contributed by atoms with E-state index in [1.807, 2.05) is 0 Å². The van der Waals surface area contributed by atoms with E-state index in [0.29, 0.717) is 13.0 Å². The first-order chi connectivity index (χ1) is 26.9. The largest absolute Gasteiger partial charge is 0.466 e. The molecule has 0 saturated heterocycles. The molecule has 0 aromatic carbocycles. The average Bonchev–Trinajstić information content (AvgIpc) is 3.16. The van der Waals surface area contributed by atoms with Gasteiger partial charge in [-0.15, -0.1) is 0 Å². The number of nitrogens with one attached hydrogen (secondary N) is 1. The predicted molar refractivity (Wildman–Crippen MR) is 239 cm³/mol. The van der Waals surface area contributed by atoms with Gasteiger partial charge < -0.3 is 19.7 Å². The Morgan fingerprint density at radius 3 is 1.38 bits per heavy atom.